The molecule has 4 nitrogen and oxygen atoms in total. The van der Waals surface area contributed by atoms with Crippen molar-refractivity contribution < 1.29 is 9.47 Å². The lowest BCUT2D eigenvalue weighted by atomic mass is 9.31. The minimum absolute atomic E-state index is 0.226. The fourth-order valence-corrected chi connectivity index (χ4v) is 14.8. The van der Waals surface area contributed by atoms with Crippen molar-refractivity contribution >= 4 is 80.3 Å². The molecule has 0 atom stereocenters. The quantitative estimate of drug-likeness (QED) is 0.135. The third kappa shape index (κ3) is 8.33. The van der Waals surface area contributed by atoms with Crippen molar-refractivity contribution in [2.24, 2.45) is 0 Å². The van der Waals surface area contributed by atoms with Gasteiger partial charge in [-0.2, -0.15) is 0 Å². The van der Waals surface area contributed by atoms with Crippen molar-refractivity contribution in [3.05, 3.63) is 328 Å². The Morgan fingerprint density at radius 1 is 0.200 bits per heavy atom. The molecular formula is C84H54B2N2O2. The lowest BCUT2D eigenvalue weighted by Gasteiger charge is -2.44. The molecule has 4 aliphatic rings. The minimum atomic E-state index is -0.239. The first-order valence-electron chi connectivity index (χ1n) is 31.0. The number of nitrogens with zero attached hydrogens (tertiary/aromatic N) is 2. The van der Waals surface area contributed by atoms with Crippen LogP contribution in [0.4, 0.5) is 34.1 Å². The van der Waals surface area contributed by atoms with Gasteiger partial charge in [0.05, 0.1) is 11.4 Å². The highest BCUT2D eigenvalue weighted by Gasteiger charge is 2.48. The molecule has 0 spiro atoms. The van der Waals surface area contributed by atoms with Crippen LogP contribution in [0.1, 0.15) is 0 Å². The van der Waals surface area contributed by atoms with Gasteiger partial charge in [0.2, 0.25) is 0 Å². The Bertz CT molecular complexity index is 5010. The number of hydrogen-bond donors (Lipinski definition) is 0. The summed E-state index contributed by atoms with van der Waals surface area (Å²) in [5.41, 5.74) is 28.9. The van der Waals surface area contributed by atoms with E-state index < -0.39 is 0 Å². The Morgan fingerprint density at radius 2 is 0.556 bits per heavy atom. The maximum atomic E-state index is 7.84. The molecule has 0 aromatic heterocycles. The summed E-state index contributed by atoms with van der Waals surface area (Å²) in [4.78, 5) is 5.11. The predicted molar refractivity (Wildman–Crippen MR) is 376 cm³/mol. The van der Waals surface area contributed by atoms with E-state index in [1.807, 2.05) is 0 Å². The van der Waals surface area contributed by atoms with Crippen molar-refractivity contribution in [1.82, 2.24) is 0 Å². The van der Waals surface area contributed by atoms with Crippen LogP contribution in [0.25, 0.3) is 77.9 Å². The summed E-state index contributed by atoms with van der Waals surface area (Å²) in [7, 11) is 0. The Kier molecular flexibility index (Phi) is 12.1. The van der Waals surface area contributed by atoms with E-state index in [9.17, 15) is 0 Å². The first-order valence-corrected chi connectivity index (χ1v) is 31.0. The second-order valence-corrected chi connectivity index (χ2v) is 23.8. The molecule has 0 saturated heterocycles. The van der Waals surface area contributed by atoms with Crippen LogP contribution in [-0.4, -0.2) is 13.4 Å². The molecular weight excluding hydrogens is 1090 g/mol. The highest BCUT2D eigenvalue weighted by atomic mass is 16.5. The van der Waals surface area contributed by atoms with Crippen LogP contribution < -0.4 is 52.1 Å². The van der Waals surface area contributed by atoms with E-state index in [2.05, 4.69) is 337 Å². The molecule has 0 N–H and O–H groups in total. The monoisotopic (exact) mass is 1140 g/mol. The molecule has 0 saturated carbocycles. The molecule has 90 heavy (non-hydrogen) atoms. The van der Waals surface area contributed by atoms with E-state index >= 15 is 0 Å². The van der Waals surface area contributed by atoms with Crippen LogP contribution in [0, 0.1) is 0 Å². The molecule has 14 aromatic carbocycles. The zero-order valence-corrected chi connectivity index (χ0v) is 49.0. The lowest BCUT2D eigenvalue weighted by Crippen LogP contribution is -2.63. The molecule has 4 heterocycles. The standard InChI is InChI=1S/C84H54B2N2O2/c1-8-26-55(27-9-1)62-46-47-70-77(50-62)89-80-52-64(57-30-12-3-13-31-57)49-76-82(80)86(70)71-53-72-78(54-74(71)88(76)84-67(60-36-18-6-19-37-60)42-25-43-68(84)61-38-20-7-21-39-61)90-79-51-63(56-28-10-2-11-29-56)48-75-81(79)85(72)69-44-22-23-45-73(69)87(75)83-65(58-32-14-4-15-33-58)40-24-41-66(83)59-34-16-5-17-35-59/h1-54H. The van der Waals surface area contributed by atoms with Gasteiger partial charge < -0.3 is 19.3 Å². The van der Waals surface area contributed by atoms with E-state index in [1.165, 1.54) is 10.9 Å². The van der Waals surface area contributed by atoms with Gasteiger partial charge >= 0.3 is 0 Å². The highest BCUT2D eigenvalue weighted by molar-refractivity contribution is 7.02. The van der Waals surface area contributed by atoms with Gasteiger partial charge in [-0.1, -0.05) is 285 Å². The van der Waals surface area contributed by atoms with Crippen molar-refractivity contribution in [3.63, 3.8) is 0 Å². The van der Waals surface area contributed by atoms with Gasteiger partial charge in [-0.05, 0) is 125 Å². The van der Waals surface area contributed by atoms with Crippen LogP contribution in [0.2, 0.25) is 0 Å². The molecule has 6 heteroatoms. The van der Waals surface area contributed by atoms with Crippen LogP contribution in [0.5, 0.6) is 23.0 Å². The Hall–Kier alpha value is -11.6. The molecule has 14 aromatic rings. The van der Waals surface area contributed by atoms with Gasteiger partial charge in [-0.15, -0.1) is 0 Å². The number of ether oxygens (including phenoxy) is 2. The smallest absolute Gasteiger partial charge is 0.256 e. The summed E-state index contributed by atoms with van der Waals surface area (Å²) >= 11 is 0. The van der Waals surface area contributed by atoms with Gasteiger partial charge in [-0.3, -0.25) is 0 Å². The van der Waals surface area contributed by atoms with Crippen molar-refractivity contribution in [3.8, 4) is 101 Å². The van der Waals surface area contributed by atoms with Crippen molar-refractivity contribution in [2.45, 2.75) is 0 Å². The fraction of sp³-hybridized carbons (Fsp3) is 0. The Labute approximate surface area is 525 Å². The average molecular weight is 1140 g/mol. The number of benzene rings is 14. The normalized spacial score (nSPS) is 12.8. The van der Waals surface area contributed by atoms with E-state index in [4.69, 9.17) is 9.47 Å². The second-order valence-electron chi connectivity index (χ2n) is 23.8. The SMILES string of the molecule is c1ccc(-c2ccc3c(c2)Oc2cc(-c4ccccc4)cc4c2B3c2cc3c(cc2N4c2c(-c4ccccc4)cccc2-c2ccccc2)Oc2cc(-c4ccccc4)cc4c2B3c2ccccc2N4c2c(-c3ccccc3)cccc2-c2ccccc2)cc1. The maximum Gasteiger partial charge on any atom is 0.256 e. The molecule has 0 unspecified atom stereocenters. The van der Waals surface area contributed by atoms with Gasteiger partial charge in [0.15, 0.2) is 0 Å². The Morgan fingerprint density at radius 3 is 1.00 bits per heavy atom. The summed E-state index contributed by atoms with van der Waals surface area (Å²) in [6.07, 6.45) is 0. The minimum Gasteiger partial charge on any atom is -0.458 e. The second kappa shape index (κ2) is 21.1. The number of hydrogen-bond acceptors (Lipinski definition) is 4. The highest BCUT2D eigenvalue weighted by Crippen LogP contribution is 2.53. The van der Waals surface area contributed by atoms with E-state index in [0.29, 0.717) is 0 Å². The number of rotatable bonds is 9. The zero-order chi connectivity index (χ0) is 59.2. The van der Waals surface area contributed by atoms with E-state index in [1.54, 1.807) is 0 Å². The molecule has 0 amide bonds. The summed E-state index contributed by atoms with van der Waals surface area (Å²) < 4.78 is 15.3. The van der Waals surface area contributed by atoms with Crippen LogP contribution in [0.3, 0.4) is 0 Å². The van der Waals surface area contributed by atoms with Gasteiger partial charge in [0, 0.05) is 51.1 Å². The fourth-order valence-electron chi connectivity index (χ4n) is 14.8. The van der Waals surface area contributed by atoms with Crippen molar-refractivity contribution in [2.75, 3.05) is 9.80 Å². The Balaban J connectivity index is 0.945. The molecule has 0 bridgehead atoms. The van der Waals surface area contributed by atoms with Crippen LogP contribution in [0.15, 0.2) is 328 Å². The lowest BCUT2D eigenvalue weighted by molar-refractivity contribution is 0.487. The third-order valence-corrected chi connectivity index (χ3v) is 18.8. The third-order valence-electron chi connectivity index (χ3n) is 18.8. The molecule has 4 aliphatic heterocycles. The van der Waals surface area contributed by atoms with E-state index in [-0.39, 0.29) is 13.4 Å². The molecule has 0 aliphatic carbocycles. The predicted octanol–water partition coefficient (Wildman–Crippen LogP) is 18.2. The molecule has 418 valence electrons. The summed E-state index contributed by atoms with van der Waals surface area (Å²) in [5, 5.41) is 0. The topological polar surface area (TPSA) is 24.9 Å². The molecule has 18 rings (SSSR count). The first-order chi connectivity index (χ1) is 44.7. The van der Waals surface area contributed by atoms with Crippen molar-refractivity contribution in [1.29, 1.82) is 0 Å². The van der Waals surface area contributed by atoms with Gasteiger partial charge in [-0.25, -0.2) is 0 Å². The maximum absolute atomic E-state index is 7.84. The summed E-state index contributed by atoms with van der Waals surface area (Å²) in [6, 6.07) is 119. The van der Waals surface area contributed by atoms with Crippen LogP contribution >= 0.6 is 0 Å². The zero-order valence-electron chi connectivity index (χ0n) is 49.0. The average Bonchev–Trinajstić information content (AvgIpc) is 0.706. The number of para-hydroxylation sites is 3. The van der Waals surface area contributed by atoms with Gasteiger partial charge in [0.1, 0.15) is 23.0 Å². The molecule has 0 fully saturated rings. The number of anilines is 6. The van der Waals surface area contributed by atoms with Gasteiger partial charge in [0.25, 0.3) is 13.4 Å². The summed E-state index contributed by atoms with van der Waals surface area (Å²) in [5.74, 6) is 3.33. The number of fused-ring (bicyclic) bond motifs is 8. The van der Waals surface area contributed by atoms with E-state index in [0.717, 1.165) is 157 Å². The van der Waals surface area contributed by atoms with Crippen LogP contribution in [-0.2, 0) is 0 Å². The first kappa shape index (κ1) is 51.6. The molecule has 0 radical (unpaired) electrons. The largest absolute Gasteiger partial charge is 0.458 e. The summed E-state index contributed by atoms with van der Waals surface area (Å²) in [6.45, 7) is -0.465.